The van der Waals surface area contributed by atoms with Crippen molar-refractivity contribution in [2.24, 2.45) is 11.7 Å². The molecule has 2 rings (SSSR count). The molecule has 1 aliphatic rings. The second kappa shape index (κ2) is 6.36. The van der Waals surface area contributed by atoms with E-state index in [9.17, 15) is 14.9 Å². The summed E-state index contributed by atoms with van der Waals surface area (Å²) in [6.07, 6.45) is 6.08. The van der Waals surface area contributed by atoms with E-state index in [1.54, 1.807) is 6.07 Å². The average Bonchev–Trinajstić information content (AvgIpc) is 2.45. The standard InChI is InChI=1S/C14H19N3O3/c15-14(18)11-6-7-12(13(8-11)17(19)20)16-9-10-4-2-1-3-5-10/h6-8,10,16H,1-5,9H2,(H2,15,18). The first-order valence-corrected chi connectivity index (χ1v) is 6.90. The molecule has 0 atom stereocenters. The zero-order chi connectivity index (χ0) is 14.5. The maximum atomic E-state index is 11.1. The number of nitrogens with two attached hydrogens (primary N) is 1. The number of nitro benzene ring substituents is 1. The van der Waals surface area contributed by atoms with Gasteiger partial charge in [0.05, 0.1) is 4.92 Å². The molecule has 108 valence electrons. The number of benzene rings is 1. The molecule has 0 unspecified atom stereocenters. The summed E-state index contributed by atoms with van der Waals surface area (Å²) in [4.78, 5) is 21.6. The highest BCUT2D eigenvalue weighted by Gasteiger charge is 2.18. The Morgan fingerprint density at radius 2 is 2.05 bits per heavy atom. The zero-order valence-electron chi connectivity index (χ0n) is 11.3. The molecule has 0 aliphatic heterocycles. The monoisotopic (exact) mass is 277 g/mol. The van der Waals surface area contributed by atoms with Gasteiger partial charge >= 0.3 is 0 Å². The van der Waals surface area contributed by atoms with Crippen LogP contribution in [-0.4, -0.2) is 17.4 Å². The van der Waals surface area contributed by atoms with Crippen molar-refractivity contribution < 1.29 is 9.72 Å². The van der Waals surface area contributed by atoms with Crippen molar-refractivity contribution in [3.63, 3.8) is 0 Å². The smallest absolute Gasteiger partial charge is 0.293 e. The summed E-state index contributed by atoms with van der Waals surface area (Å²) in [6.45, 7) is 0.733. The van der Waals surface area contributed by atoms with Crippen LogP contribution in [-0.2, 0) is 0 Å². The van der Waals surface area contributed by atoms with Crippen LogP contribution in [0.5, 0.6) is 0 Å². The van der Waals surface area contributed by atoms with Crippen LogP contribution in [0, 0.1) is 16.0 Å². The largest absolute Gasteiger partial charge is 0.379 e. The molecule has 1 fully saturated rings. The molecular weight excluding hydrogens is 258 g/mol. The second-order valence-electron chi connectivity index (χ2n) is 5.24. The van der Waals surface area contributed by atoms with E-state index >= 15 is 0 Å². The van der Waals surface area contributed by atoms with Gasteiger partial charge in [0.25, 0.3) is 5.69 Å². The van der Waals surface area contributed by atoms with Gasteiger partial charge in [-0.3, -0.25) is 14.9 Å². The minimum absolute atomic E-state index is 0.0999. The summed E-state index contributed by atoms with van der Waals surface area (Å²) in [7, 11) is 0. The van der Waals surface area contributed by atoms with Crippen LogP contribution in [0.1, 0.15) is 42.5 Å². The number of anilines is 1. The van der Waals surface area contributed by atoms with Crippen molar-refractivity contribution in [3.8, 4) is 0 Å². The van der Waals surface area contributed by atoms with Crippen LogP contribution < -0.4 is 11.1 Å². The van der Waals surface area contributed by atoms with Crippen molar-refractivity contribution in [2.75, 3.05) is 11.9 Å². The highest BCUT2D eigenvalue weighted by atomic mass is 16.6. The number of carbonyl (C=O) groups excluding carboxylic acids is 1. The van der Waals surface area contributed by atoms with Crippen LogP contribution >= 0.6 is 0 Å². The molecule has 0 spiro atoms. The quantitative estimate of drug-likeness (QED) is 0.638. The van der Waals surface area contributed by atoms with Gasteiger partial charge in [-0.05, 0) is 30.9 Å². The second-order valence-corrected chi connectivity index (χ2v) is 5.24. The molecule has 0 aromatic heterocycles. The minimum atomic E-state index is -0.660. The molecule has 0 radical (unpaired) electrons. The Hall–Kier alpha value is -2.11. The summed E-state index contributed by atoms with van der Waals surface area (Å²) in [6, 6.07) is 4.30. The Morgan fingerprint density at radius 1 is 1.35 bits per heavy atom. The van der Waals surface area contributed by atoms with E-state index in [1.165, 1.54) is 44.2 Å². The first-order chi connectivity index (χ1) is 9.58. The maximum Gasteiger partial charge on any atom is 0.293 e. The fourth-order valence-corrected chi connectivity index (χ4v) is 2.63. The van der Waals surface area contributed by atoms with E-state index in [2.05, 4.69) is 5.32 Å². The molecule has 6 heteroatoms. The van der Waals surface area contributed by atoms with Crippen LogP contribution in [0.4, 0.5) is 11.4 Å². The van der Waals surface area contributed by atoms with Gasteiger partial charge in [0.1, 0.15) is 5.69 Å². The van der Waals surface area contributed by atoms with Crippen LogP contribution in [0.3, 0.4) is 0 Å². The number of hydrogen-bond acceptors (Lipinski definition) is 4. The molecule has 1 amide bonds. The Morgan fingerprint density at radius 3 is 2.65 bits per heavy atom. The minimum Gasteiger partial charge on any atom is -0.379 e. The third-order valence-electron chi connectivity index (χ3n) is 3.78. The zero-order valence-corrected chi connectivity index (χ0v) is 11.3. The number of primary amides is 1. The Bertz CT molecular complexity index is 510. The summed E-state index contributed by atoms with van der Waals surface area (Å²) in [5, 5.41) is 14.2. The first kappa shape index (κ1) is 14.3. The van der Waals surface area contributed by atoms with Crippen LogP contribution in [0.2, 0.25) is 0 Å². The predicted molar refractivity (Wildman–Crippen MR) is 76.7 cm³/mol. The number of nitro groups is 1. The molecule has 1 aromatic carbocycles. The molecule has 1 aromatic rings. The van der Waals surface area contributed by atoms with Gasteiger partial charge in [0.15, 0.2) is 0 Å². The Kier molecular flexibility index (Phi) is 4.55. The van der Waals surface area contributed by atoms with Gasteiger partial charge < -0.3 is 11.1 Å². The molecule has 0 bridgehead atoms. The lowest BCUT2D eigenvalue weighted by molar-refractivity contribution is -0.384. The summed E-state index contributed by atoms with van der Waals surface area (Å²) >= 11 is 0. The molecule has 1 saturated carbocycles. The van der Waals surface area contributed by atoms with Crippen molar-refractivity contribution in [3.05, 3.63) is 33.9 Å². The third-order valence-corrected chi connectivity index (χ3v) is 3.78. The summed E-state index contributed by atoms with van der Waals surface area (Å²) < 4.78 is 0. The lowest BCUT2D eigenvalue weighted by Gasteiger charge is -2.22. The third kappa shape index (κ3) is 3.46. The maximum absolute atomic E-state index is 11.1. The fourth-order valence-electron chi connectivity index (χ4n) is 2.63. The van der Waals surface area contributed by atoms with Crippen molar-refractivity contribution in [1.82, 2.24) is 0 Å². The van der Waals surface area contributed by atoms with E-state index in [0.717, 1.165) is 6.54 Å². The van der Waals surface area contributed by atoms with E-state index < -0.39 is 10.8 Å². The van der Waals surface area contributed by atoms with Crippen molar-refractivity contribution in [2.45, 2.75) is 32.1 Å². The van der Waals surface area contributed by atoms with E-state index in [0.29, 0.717) is 11.6 Å². The first-order valence-electron chi connectivity index (χ1n) is 6.90. The molecule has 6 nitrogen and oxygen atoms in total. The summed E-state index contributed by atoms with van der Waals surface area (Å²) in [5.74, 6) is -0.0916. The lowest BCUT2D eigenvalue weighted by atomic mass is 9.89. The van der Waals surface area contributed by atoms with Crippen LogP contribution in [0.25, 0.3) is 0 Å². The van der Waals surface area contributed by atoms with Gasteiger partial charge in [0, 0.05) is 18.2 Å². The number of hydrogen-bond donors (Lipinski definition) is 2. The molecule has 20 heavy (non-hydrogen) atoms. The number of carbonyl (C=O) groups is 1. The molecule has 3 N–H and O–H groups in total. The molecular formula is C14H19N3O3. The average molecular weight is 277 g/mol. The van der Waals surface area contributed by atoms with E-state index in [4.69, 9.17) is 5.73 Å². The van der Waals surface area contributed by atoms with E-state index in [1.807, 2.05) is 0 Å². The topological polar surface area (TPSA) is 98.3 Å². The lowest BCUT2D eigenvalue weighted by Crippen LogP contribution is -2.18. The fraction of sp³-hybridized carbons (Fsp3) is 0.500. The Balaban J connectivity index is 2.09. The molecule has 0 heterocycles. The van der Waals surface area contributed by atoms with Crippen molar-refractivity contribution in [1.29, 1.82) is 0 Å². The highest BCUT2D eigenvalue weighted by Crippen LogP contribution is 2.28. The summed E-state index contributed by atoms with van der Waals surface area (Å²) in [5.41, 5.74) is 5.64. The van der Waals surface area contributed by atoms with Gasteiger partial charge in [-0.2, -0.15) is 0 Å². The SMILES string of the molecule is NC(=O)c1ccc(NCC2CCCCC2)c([N+](=O)[O-])c1. The van der Waals surface area contributed by atoms with Gasteiger partial charge in [-0.1, -0.05) is 19.3 Å². The number of rotatable bonds is 5. The molecule has 1 aliphatic carbocycles. The predicted octanol–water partition coefficient (Wildman–Crippen LogP) is 2.69. The van der Waals surface area contributed by atoms with Gasteiger partial charge in [-0.15, -0.1) is 0 Å². The van der Waals surface area contributed by atoms with Crippen LogP contribution in [0.15, 0.2) is 18.2 Å². The highest BCUT2D eigenvalue weighted by molar-refractivity contribution is 5.94. The number of nitrogens with zero attached hydrogens (tertiary/aromatic N) is 1. The van der Waals surface area contributed by atoms with Gasteiger partial charge in [0.2, 0.25) is 5.91 Å². The van der Waals surface area contributed by atoms with E-state index in [-0.39, 0.29) is 11.3 Å². The van der Waals surface area contributed by atoms with Gasteiger partial charge in [-0.25, -0.2) is 0 Å². The number of nitrogens with one attached hydrogen (secondary N) is 1. The molecule has 0 saturated heterocycles. The normalized spacial score (nSPS) is 15.8. The number of amides is 1. The Labute approximate surface area is 117 Å². The van der Waals surface area contributed by atoms with Crippen molar-refractivity contribution >= 4 is 17.3 Å².